The van der Waals surface area contributed by atoms with E-state index in [2.05, 4.69) is 4.90 Å². The van der Waals surface area contributed by atoms with E-state index < -0.39 is 10.2 Å². The zero-order valence-corrected chi connectivity index (χ0v) is 15.2. The summed E-state index contributed by atoms with van der Waals surface area (Å²) in [5, 5.41) is 0. The molecule has 0 saturated carbocycles. The van der Waals surface area contributed by atoms with Gasteiger partial charge in [0.2, 0.25) is 0 Å². The summed E-state index contributed by atoms with van der Waals surface area (Å²) in [4.78, 5) is 2.13. The predicted octanol–water partition coefficient (Wildman–Crippen LogP) is 2.01. The van der Waals surface area contributed by atoms with E-state index in [1.807, 2.05) is 6.07 Å². The molecule has 1 aromatic heterocycles. The molecule has 25 heavy (non-hydrogen) atoms. The number of hydrogen-bond donors (Lipinski definition) is 0. The first kappa shape index (κ1) is 18.1. The smallest absolute Gasteiger partial charge is 0.281 e. The van der Waals surface area contributed by atoms with Crippen LogP contribution < -0.4 is 0 Å². The summed E-state index contributed by atoms with van der Waals surface area (Å²) in [5.74, 6) is 0.926. The highest BCUT2D eigenvalue weighted by atomic mass is 32.2. The number of hydrogen-bond acceptors (Lipinski definition) is 4. The summed E-state index contributed by atoms with van der Waals surface area (Å²) in [6.07, 6.45) is 0. The van der Waals surface area contributed by atoms with Gasteiger partial charge in [0.25, 0.3) is 10.2 Å². The standard InChI is InChI=1S/C17H22FN3O3S/c1-19(2)25(22,23)21-11-9-20(10-12-21)13-14-7-8-17(24-14)15-5-3-4-6-16(15)18/h3-8H,9-13H2,1-2H3. The van der Waals surface area contributed by atoms with Gasteiger partial charge in [0.15, 0.2) is 0 Å². The summed E-state index contributed by atoms with van der Waals surface area (Å²) in [6.45, 7) is 2.72. The van der Waals surface area contributed by atoms with Gasteiger partial charge in [-0.3, -0.25) is 4.90 Å². The summed E-state index contributed by atoms with van der Waals surface area (Å²) < 4.78 is 46.5. The molecule has 3 rings (SSSR count). The lowest BCUT2D eigenvalue weighted by Crippen LogP contribution is -2.51. The van der Waals surface area contributed by atoms with Crippen molar-refractivity contribution in [3.05, 3.63) is 48.0 Å². The molecule has 136 valence electrons. The molecule has 0 unspecified atom stereocenters. The lowest BCUT2D eigenvalue weighted by molar-refractivity contribution is 0.167. The van der Waals surface area contributed by atoms with E-state index in [0.717, 1.165) is 5.76 Å². The quantitative estimate of drug-likeness (QED) is 0.811. The fourth-order valence-corrected chi connectivity index (χ4v) is 3.92. The van der Waals surface area contributed by atoms with Crippen LogP contribution in [-0.4, -0.2) is 62.2 Å². The van der Waals surface area contributed by atoms with Crippen LogP contribution in [0.4, 0.5) is 4.39 Å². The predicted molar refractivity (Wildman–Crippen MR) is 93.6 cm³/mol. The van der Waals surface area contributed by atoms with Crippen LogP contribution in [0.3, 0.4) is 0 Å². The third-order valence-electron chi connectivity index (χ3n) is 4.30. The maximum absolute atomic E-state index is 13.8. The minimum atomic E-state index is -3.36. The molecular weight excluding hydrogens is 345 g/mol. The lowest BCUT2D eigenvalue weighted by Gasteiger charge is -2.34. The van der Waals surface area contributed by atoms with Gasteiger partial charge in [-0.05, 0) is 24.3 Å². The normalized spacial score (nSPS) is 17.3. The van der Waals surface area contributed by atoms with Gasteiger partial charge in [0.05, 0.1) is 12.1 Å². The molecule has 1 aromatic carbocycles. The number of halogens is 1. The SMILES string of the molecule is CN(C)S(=O)(=O)N1CCN(Cc2ccc(-c3ccccc3F)o2)CC1. The van der Waals surface area contributed by atoms with Crippen molar-refractivity contribution in [3.8, 4) is 11.3 Å². The Morgan fingerprint density at radius 2 is 1.76 bits per heavy atom. The molecule has 0 atom stereocenters. The Morgan fingerprint density at radius 3 is 2.40 bits per heavy atom. The molecule has 0 radical (unpaired) electrons. The van der Waals surface area contributed by atoms with Crippen LogP contribution in [0.2, 0.25) is 0 Å². The maximum Gasteiger partial charge on any atom is 0.281 e. The van der Waals surface area contributed by atoms with Crippen molar-refractivity contribution < 1.29 is 17.2 Å². The van der Waals surface area contributed by atoms with Gasteiger partial charge in [-0.15, -0.1) is 0 Å². The Kier molecular flexibility index (Phi) is 5.24. The molecule has 0 bridgehead atoms. The van der Waals surface area contributed by atoms with Crippen LogP contribution in [0, 0.1) is 5.82 Å². The van der Waals surface area contributed by atoms with E-state index in [9.17, 15) is 12.8 Å². The Labute approximate surface area is 147 Å². The van der Waals surface area contributed by atoms with Gasteiger partial charge in [-0.1, -0.05) is 12.1 Å². The third kappa shape index (κ3) is 3.92. The zero-order valence-electron chi connectivity index (χ0n) is 14.4. The first-order valence-electron chi connectivity index (χ1n) is 8.11. The van der Waals surface area contributed by atoms with E-state index in [4.69, 9.17) is 4.42 Å². The van der Waals surface area contributed by atoms with Crippen molar-refractivity contribution in [2.45, 2.75) is 6.54 Å². The molecule has 8 heteroatoms. The third-order valence-corrected chi connectivity index (χ3v) is 6.24. The van der Waals surface area contributed by atoms with Gasteiger partial charge >= 0.3 is 0 Å². The Balaban J connectivity index is 1.61. The molecule has 0 spiro atoms. The fourth-order valence-electron chi connectivity index (χ4n) is 2.84. The Bertz CT molecular complexity index is 827. The highest BCUT2D eigenvalue weighted by Gasteiger charge is 2.28. The first-order valence-corrected chi connectivity index (χ1v) is 9.51. The van der Waals surface area contributed by atoms with E-state index in [0.29, 0.717) is 44.0 Å². The number of benzene rings is 1. The maximum atomic E-state index is 13.8. The number of rotatable bonds is 5. The van der Waals surface area contributed by atoms with E-state index in [1.165, 1.54) is 28.8 Å². The lowest BCUT2D eigenvalue weighted by atomic mass is 10.1. The Hall–Kier alpha value is -1.74. The summed E-state index contributed by atoms with van der Waals surface area (Å²) in [6, 6.07) is 10.1. The highest BCUT2D eigenvalue weighted by Crippen LogP contribution is 2.25. The van der Waals surface area contributed by atoms with Gasteiger partial charge < -0.3 is 4.42 Å². The fraction of sp³-hybridized carbons (Fsp3) is 0.412. The van der Waals surface area contributed by atoms with Crippen molar-refractivity contribution >= 4 is 10.2 Å². The van der Waals surface area contributed by atoms with Crippen molar-refractivity contribution in [1.82, 2.24) is 13.5 Å². The molecular formula is C17H22FN3O3S. The molecule has 1 fully saturated rings. The second-order valence-corrected chi connectivity index (χ2v) is 8.35. The second kappa shape index (κ2) is 7.25. The summed E-state index contributed by atoms with van der Waals surface area (Å²) in [5.41, 5.74) is 0.440. The van der Waals surface area contributed by atoms with Crippen LogP contribution in [0.25, 0.3) is 11.3 Å². The topological polar surface area (TPSA) is 57.0 Å². The van der Waals surface area contributed by atoms with Crippen molar-refractivity contribution in [1.29, 1.82) is 0 Å². The summed E-state index contributed by atoms with van der Waals surface area (Å²) in [7, 11) is -0.285. The zero-order chi connectivity index (χ0) is 18.0. The summed E-state index contributed by atoms with van der Waals surface area (Å²) >= 11 is 0. The number of piperazine rings is 1. The molecule has 6 nitrogen and oxygen atoms in total. The van der Waals surface area contributed by atoms with E-state index in [-0.39, 0.29) is 5.82 Å². The Morgan fingerprint density at radius 1 is 1.08 bits per heavy atom. The molecule has 2 heterocycles. The van der Waals surface area contributed by atoms with Gasteiger partial charge in [-0.25, -0.2) is 4.39 Å². The highest BCUT2D eigenvalue weighted by molar-refractivity contribution is 7.86. The van der Waals surface area contributed by atoms with Crippen LogP contribution in [0.5, 0.6) is 0 Å². The molecule has 1 aliphatic heterocycles. The van der Waals surface area contributed by atoms with Gasteiger partial charge in [-0.2, -0.15) is 17.0 Å². The van der Waals surface area contributed by atoms with Gasteiger partial charge in [0.1, 0.15) is 17.3 Å². The van der Waals surface area contributed by atoms with Gasteiger partial charge in [0, 0.05) is 40.3 Å². The largest absolute Gasteiger partial charge is 0.460 e. The average molecular weight is 367 g/mol. The minimum absolute atomic E-state index is 0.314. The second-order valence-electron chi connectivity index (χ2n) is 6.21. The van der Waals surface area contributed by atoms with Crippen molar-refractivity contribution in [2.75, 3.05) is 40.3 Å². The van der Waals surface area contributed by atoms with Crippen LogP contribution >= 0.6 is 0 Å². The molecule has 2 aromatic rings. The number of nitrogens with zero attached hydrogens (tertiary/aromatic N) is 3. The minimum Gasteiger partial charge on any atom is -0.460 e. The molecule has 1 saturated heterocycles. The molecule has 0 N–H and O–H groups in total. The monoisotopic (exact) mass is 367 g/mol. The average Bonchev–Trinajstić information content (AvgIpc) is 3.04. The number of furan rings is 1. The first-order chi connectivity index (χ1) is 11.9. The van der Waals surface area contributed by atoms with Crippen LogP contribution in [0.1, 0.15) is 5.76 Å². The van der Waals surface area contributed by atoms with E-state index >= 15 is 0 Å². The molecule has 1 aliphatic rings. The van der Waals surface area contributed by atoms with E-state index in [1.54, 1.807) is 24.3 Å². The van der Waals surface area contributed by atoms with Crippen LogP contribution in [0.15, 0.2) is 40.8 Å². The van der Waals surface area contributed by atoms with Crippen molar-refractivity contribution in [3.63, 3.8) is 0 Å². The van der Waals surface area contributed by atoms with Crippen molar-refractivity contribution in [2.24, 2.45) is 0 Å². The molecule has 0 amide bonds. The van der Waals surface area contributed by atoms with Crippen LogP contribution in [-0.2, 0) is 16.8 Å². The molecule has 0 aliphatic carbocycles.